The van der Waals surface area contributed by atoms with E-state index in [9.17, 15) is 14.4 Å². The molecule has 3 saturated heterocycles. The second kappa shape index (κ2) is 13.9. The molecule has 3 heterocycles. The zero-order valence-corrected chi connectivity index (χ0v) is 24.5. The van der Waals surface area contributed by atoms with Crippen LogP contribution in [0, 0.1) is 11.8 Å². The number of rotatable bonds is 18. The molecule has 8 nitrogen and oxygen atoms in total. The second-order valence-electron chi connectivity index (χ2n) is 11.5. The number of likely N-dealkylation sites (tertiary alicyclic amines) is 1. The van der Waals surface area contributed by atoms with Crippen LogP contribution in [-0.2, 0) is 19.1 Å². The van der Waals surface area contributed by atoms with Gasteiger partial charge in [0.15, 0.2) is 0 Å². The molecule has 0 saturated carbocycles. The summed E-state index contributed by atoms with van der Waals surface area (Å²) in [6, 6.07) is -0.741. The molecule has 0 aromatic carbocycles. The van der Waals surface area contributed by atoms with Crippen LogP contribution < -0.4 is 0 Å². The number of hydrogen-bond acceptors (Lipinski definition) is 5. The molecule has 1 N–H and O–H groups in total. The smallest absolute Gasteiger partial charge is 0.248 e. The first-order valence-electron chi connectivity index (χ1n) is 15.2. The van der Waals surface area contributed by atoms with E-state index in [1.54, 1.807) is 22.0 Å². The van der Waals surface area contributed by atoms with Gasteiger partial charge in [-0.25, -0.2) is 0 Å². The Bertz CT molecular complexity index is 893. The molecule has 1 spiro atoms. The highest BCUT2D eigenvalue weighted by molar-refractivity contribution is 5.99. The van der Waals surface area contributed by atoms with Gasteiger partial charge in [0.2, 0.25) is 17.7 Å². The van der Waals surface area contributed by atoms with Gasteiger partial charge in [-0.05, 0) is 44.9 Å². The van der Waals surface area contributed by atoms with Crippen molar-refractivity contribution >= 4 is 17.7 Å². The lowest BCUT2D eigenvalue weighted by Gasteiger charge is -2.37. The maximum atomic E-state index is 14.3. The average Bonchev–Trinajstić information content (AvgIpc) is 3.53. The predicted octanol–water partition coefficient (Wildman–Crippen LogP) is 3.93. The summed E-state index contributed by atoms with van der Waals surface area (Å²) in [5.74, 6) is -1.53. The van der Waals surface area contributed by atoms with E-state index in [1.807, 2.05) is 18.7 Å². The summed E-state index contributed by atoms with van der Waals surface area (Å²) in [5.41, 5.74) is -1.73. The fraction of sp³-hybridized carbons (Fsp3) is 0.774. The zero-order valence-electron chi connectivity index (χ0n) is 24.5. The predicted molar refractivity (Wildman–Crippen MR) is 153 cm³/mol. The van der Waals surface area contributed by atoms with E-state index >= 15 is 0 Å². The Hall–Kier alpha value is -2.19. The fourth-order valence-electron chi connectivity index (χ4n) is 7.24. The molecular formula is C31H51N3O5. The molecule has 8 heteroatoms. The number of fused-ring (bicyclic) bond motifs is 1. The van der Waals surface area contributed by atoms with Crippen LogP contribution in [0.5, 0.6) is 0 Å². The molecule has 5 atom stereocenters. The Balaban J connectivity index is 2.03. The SMILES string of the molecule is C=CCN(CCCC)C(=O)C1N(CCCCCCO)C(=O)[C@@H]2[C@H](C(=O)N(CC=C)CCC)[C@]3(CC)CCC12O3. The first-order chi connectivity index (χ1) is 18.8. The van der Waals surface area contributed by atoms with Gasteiger partial charge in [0.25, 0.3) is 0 Å². The highest BCUT2D eigenvalue weighted by Gasteiger charge is 2.78. The van der Waals surface area contributed by atoms with Gasteiger partial charge < -0.3 is 24.5 Å². The van der Waals surface area contributed by atoms with E-state index in [0.717, 1.165) is 44.9 Å². The molecule has 3 fully saturated rings. The van der Waals surface area contributed by atoms with Crippen LogP contribution >= 0.6 is 0 Å². The van der Waals surface area contributed by atoms with Crippen LogP contribution in [0.25, 0.3) is 0 Å². The summed E-state index contributed by atoms with van der Waals surface area (Å²) < 4.78 is 6.93. The molecule has 3 aliphatic rings. The highest BCUT2D eigenvalue weighted by atomic mass is 16.5. The normalized spacial score (nSPS) is 29.0. The first-order valence-corrected chi connectivity index (χ1v) is 15.2. The molecule has 0 aliphatic carbocycles. The molecule has 3 amide bonds. The van der Waals surface area contributed by atoms with Crippen LogP contribution in [0.1, 0.15) is 85.0 Å². The van der Waals surface area contributed by atoms with Crippen molar-refractivity contribution in [3.63, 3.8) is 0 Å². The number of hydrogen-bond donors (Lipinski definition) is 1. The van der Waals surface area contributed by atoms with Crippen molar-refractivity contribution in [3.05, 3.63) is 25.3 Å². The standard InChI is InChI=1S/C31H51N3O5/c1-6-11-21-33(20-9-4)29(38)26-31-17-16-30(10-5,39-31)24(27(36)32(18-7-2)19-8-3)25(31)28(37)34(26)22-14-12-13-15-23-35/h7,9,24-26,35H,2,4,6,8,10-23H2,1,3,5H3/t24-,25+,26?,30+,31?/m1/s1. The van der Waals surface area contributed by atoms with Gasteiger partial charge >= 0.3 is 0 Å². The maximum Gasteiger partial charge on any atom is 0.248 e. The molecule has 0 aromatic rings. The van der Waals surface area contributed by atoms with E-state index in [1.165, 1.54) is 0 Å². The molecule has 39 heavy (non-hydrogen) atoms. The van der Waals surface area contributed by atoms with Crippen LogP contribution in [0.2, 0.25) is 0 Å². The van der Waals surface area contributed by atoms with Gasteiger partial charge in [-0.3, -0.25) is 14.4 Å². The summed E-state index contributed by atoms with van der Waals surface area (Å²) in [4.78, 5) is 48.2. The Morgan fingerprint density at radius 1 is 0.974 bits per heavy atom. The number of carbonyl (C=O) groups excluding carboxylic acids is 3. The van der Waals surface area contributed by atoms with Crippen molar-refractivity contribution in [1.29, 1.82) is 0 Å². The van der Waals surface area contributed by atoms with Crippen LogP contribution in [0.4, 0.5) is 0 Å². The number of carbonyl (C=O) groups is 3. The van der Waals surface area contributed by atoms with Crippen molar-refractivity contribution in [2.24, 2.45) is 11.8 Å². The molecule has 220 valence electrons. The van der Waals surface area contributed by atoms with Crippen molar-refractivity contribution in [2.75, 3.05) is 39.3 Å². The number of aliphatic hydroxyl groups excluding tert-OH is 1. The van der Waals surface area contributed by atoms with E-state index in [2.05, 4.69) is 20.1 Å². The lowest BCUT2D eigenvalue weighted by atomic mass is 9.64. The maximum absolute atomic E-state index is 14.3. The Morgan fingerprint density at radius 2 is 1.64 bits per heavy atom. The quantitative estimate of drug-likeness (QED) is 0.208. The monoisotopic (exact) mass is 545 g/mol. The van der Waals surface area contributed by atoms with Crippen LogP contribution in [0.3, 0.4) is 0 Å². The van der Waals surface area contributed by atoms with Gasteiger partial charge in [0.05, 0.1) is 17.4 Å². The minimum Gasteiger partial charge on any atom is -0.396 e. The summed E-state index contributed by atoms with van der Waals surface area (Å²) in [6.45, 7) is 16.5. The third kappa shape index (κ3) is 5.83. The van der Waals surface area contributed by atoms with E-state index in [-0.39, 0.29) is 24.3 Å². The van der Waals surface area contributed by atoms with Gasteiger partial charge in [-0.2, -0.15) is 0 Å². The number of amides is 3. The Morgan fingerprint density at radius 3 is 2.23 bits per heavy atom. The fourth-order valence-corrected chi connectivity index (χ4v) is 7.24. The van der Waals surface area contributed by atoms with Crippen LogP contribution in [-0.4, -0.2) is 94.1 Å². The lowest BCUT2D eigenvalue weighted by molar-refractivity contribution is -0.155. The summed E-state index contributed by atoms with van der Waals surface area (Å²) in [6.07, 6.45) is 11.2. The van der Waals surface area contributed by atoms with Crippen molar-refractivity contribution in [3.8, 4) is 0 Å². The third-order valence-electron chi connectivity index (χ3n) is 9.09. The number of unbranched alkanes of at least 4 members (excludes halogenated alkanes) is 4. The second-order valence-corrected chi connectivity index (χ2v) is 11.5. The molecule has 3 rings (SSSR count). The number of aliphatic hydroxyl groups is 1. The third-order valence-corrected chi connectivity index (χ3v) is 9.09. The van der Waals surface area contributed by atoms with Crippen molar-refractivity contribution < 1.29 is 24.2 Å². The first kappa shape index (κ1) is 31.3. The zero-order chi connectivity index (χ0) is 28.6. The minimum atomic E-state index is -0.993. The topological polar surface area (TPSA) is 90.4 Å². The van der Waals surface area contributed by atoms with Crippen LogP contribution in [0.15, 0.2) is 25.3 Å². The number of nitrogens with zero attached hydrogens (tertiary/aromatic N) is 3. The minimum absolute atomic E-state index is 0.0524. The van der Waals surface area contributed by atoms with Gasteiger partial charge in [0, 0.05) is 39.3 Å². The molecule has 3 aliphatic heterocycles. The largest absolute Gasteiger partial charge is 0.396 e. The van der Waals surface area contributed by atoms with Gasteiger partial charge in [-0.1, -0.05) is 52.2 Å². The van der Waals surface area contributed by atoms with E-state index < -0.39 is 29.1 Å². The summed E-state index contributed by atoms with van der Waals surface area (Å²) >= 11 is 0. The number of ether oxygens (including phenoxy) is 1. The summed E-state index contributed by atoms with van der Waals surface area (Å²) in [5, 5.41) is 9.16. The summed E-state index contributed by atoms with van der Waals surface area (Å²) in [7, 11) is 0. The molecule has 2 bridgehead atoms. The molecule has 0 radical (unpaired) electrons. The molecule has 0 aromatic heterocycles. The Labute approximate surface area is 235 Å². The van der Waals surface area contributed by atoms with E-state index in [0.29, 0.717) is 52.0 Å². The van der Waals surface area contributed by atoms with E-state index in [4.69, 9.17) is 9.84 Å². The van der Waals surface area contributed by atoms with Gasteiger partial charge in [0.1, 0.15) is 11.6 Å². The average molecular weight is 546 g/mol. The van der Waals surface area contributed by atoms with Gasteiger partial charge in [-0.15, -0.1) is 13.2 Å². The van der Waals surface area contributed by atoms with Crippen molar-refractivity contribution in [1.82, 2.24) is 14.7 Å². The highest BCUT2D eigenvalue weighted by Crippen LogP contribution is 2.64. The van der Waals surface area contributed by atoms with Crippen molar-refractivity contribution in [2.45, 2.75) is 102 Å². The Kier molecular flexibility index (Phi) is 11.2. The lowest BCUT2D eigenvalue weighted by Crippen LogP contribution is -2.56. The molecule has 2 unspecified atom stereocenters. The molecular weight excluding hydrogens is 494 g/mol.